The highest BCUT2D eigenvalue weighted by Gasteiger charge is 2.21. The van der Waals surface area contributed by atoms with E-state index in [9.17, 15) is 13.6 Å². The maximum absolute atomic E-state index is 14.4. The molecular weight excluding hydrogens is 376 g/mol. The number of nitrogens with one attached hydrogen (secondary N) is 1. The Bertz CT molecular complexity index is 791. The third-order valence-corrected chi connectivity index (χ3v) is 4.64. The number of halogens is 2. The van der Waals surface area contributed by atoms with Crippen molar-refractivity contribution in [2.45, 2.75) is 32.6 Å². The van der Waals surface area contributed by atoms with Crippen LogP contribution in [-0.2, 0) is 0 Å². The number of unbranched alkanes of at least 4 members (excludes halogenated alkanes) is 1. The van der Waals surface area contributed by atoms with Gasteiger partial charge in [-0.2, -0.15) is 0 Å². The molecule has 0 aromatic heterocycles. The molecule has 0 bridgehead atoms. The molecule has 3 rings (SSSR count). The highest BCUT2D eigenvalue weighted by Crippen LogP contribution is 2.29. The second kappa shape index (κ2) is 11.4. The molecule has 1 amide bonds. The number of hydrogen-bond donors (Lipinski definition) is 2. The molecule has 7 heteroatoms. The lowest BCUT2D eigenvalue weighted by Crippen LogP contribution is -2.20. The molecule has 1 fully saturated rings. The van der Waals surface area contributed by atoms with Gasteiger partial charge in [-0.05, 0) is 62.7 Å². The summed E-state index contributed by atoms with van der Waals surface area (Å²) in [6.45, 7) is 4.13. The first-order valence-corrected chi connectivity index (χ1v) is 9.95. The number of hydrogen-bond acceptors (Lipinski definition) is 4. The van der Waals surface area contributed by atoms with Crippen LogP contribution in [0, 0.1) is 11.6 Å². The van der Waals surface area contributed by atoms with Crippen LogP contribution < -0.4 is 20.7 Å². The summed E-state index contributed by atoms with van der Waals surface area (Å²) in [6, 6.07) is 9.51. The molecule has 2 aromatic rings. The van der Waals surface area contributed by atoms with Gasteiger partial charge in [-0.1, -0.05) is 13.3 Å². The van der Waals surface area contributed by atoms with Crippen molar-refractivity contribution in [2.75, 3.05) is 37.0 Å². The van der Waals surface area contributed by atoms with Gasteiger partial charge in [-0.3, -0.25) is 4.79 Å². The van der Waals surface area contributed by atoms with Gasteiger partial charge in [-0.25, -0.2) is 8.78 Å². The van der Waals surface area contributed by atoms with Gasteiger partial charge in [0.15, 0.2) is 11.6 Å². The SMILES string of the molecule is CCCCOc1ccc(C(=O)Nc2ccc(N3CCCC3)c(F)c2F)cc1.CN. The minimum absolute atomic E-state index is 0.163. The molecule has 0 aliphatic carbocycles. The van der Waals surface area contributed by atoms with Gasteiger partial charge in [0.2, 0.25) is 0 Å². The Morgan fingerprint density at radius 3 is 2.34 bits per heavy atom. The number of carbonyl (C=O) groups is 1. The average molecular weight is 405 g/mol. The van der Waals surface area contributed by atoms with E-state index in [1.54, 1.807) is 24.3 Å². The highest BCUT2D eigenvalue weighted by atomic mass is 19.2. The van der Waals surface area contributed by atoms with Crippen molar-refractivity contribution in [2.24, 2.45) is 5.73 Å². The molecule has 0 spiro atoms. The number of nitrogens with zero attached hydrogens (tertiary/aromatic N) is 1. The Kier molecular flexibility index (Phi) is 8.86. The van der Waals surface area contributed by atoms with Crippen molar-refractivity contribution in [1.82, 2.24) is 0 Å². The first-order valence-electron chi connectivity index (χ1n) is 9.95. The lowest BCUT2D eigenvalue weighted by Gasteiger charge is -2.19. The number of ether oxygens (including phenoxy) is 1. The Labute approximate surface area is 170 Å². The van der Waals surface area contributed by atoms with E-state index >= 15 is 0 Å². The molecule has 1 heterocycles. The fourth-order valence-electron chi connectivity index (χ4n) is 3.07. The maximum atomic E-state index is 14.4. The van der Waals surface area contributed by atoms with Gasteiger partial charge in [0.05, 0.1) is 18.0 Å². The van der Waals surface area contributed by atoms with E-state index in [1.165, 1.54) is 19.2 Å². The Balaban J connectivity index is 0.00000145. The summed E-state index contributed by atoms with van der Waals surface area (Å²) in [4.78, 5) is 14.2. The molecule has 158 valence electrons. The van der Waals surface area contributed by atoms with Crippen LogP contribution in [-0.4, -0.2) is 32.7 Å². The number of carbonyl (C=O) groups excluding carboxylic acids is 1. The molecule has 1 aliphatic heterocycles. The molecule has 0 unspecified atom stereocenters. The zero-order valence-corrected chi connectivity index (χ0v) is 17.0. The van der Waals surface area contributed by atoms with Gasteiger partial charge in [0.1, 0.15) is 5.75 Å². The molecule has 1 saturated heterocycles. The third kappa shape index (κ3) is 5.90. The van der Waals surface area contributed by atoms with Crippen molar-refractivity contribution in [3.63, 3.8) is 0 Å². The van der Waals surface area contributed by atoms with Gasteiger partial charge >= 0.3 is 0 Å². The van der Waals surface area contributed by atoms with E-state index in [4.69, 9.17) is 4.74 Å². The minimum Gasteiger partial charge on any atom is -0.494 e. The normalized spacial score (nSPS) is 12.9. The summed E-state index contributed by atoms with van der Waals surface area (Å²) in [7, 11) is 1.50. The summed E-state index contributed by atoms with van der Waals surface area (Å²) in [5.41, 5.74) is 4.93. The minimum atomic E-state index is -1.03. The van der Waals surface area contributed by atoms with Crippen LogP contribution in [0.4, 0.5) is 20.2 Å². The fourth-order valence-corrected chi connectivity index (χ4v) is 3.07. The quantitative estimate of drug-likeness (QED) is 0.662. The molecule has 3 N–H and O–H groups in total. The molecule has 0 atom stereocenters. The topological polar surface area (TPSA) is 67.6 Å². The van der Waals surface area contributed by atoms with Crippen LogP contribution >= 0.6 is 0 Å². The first-order chi connectivity index (χ1) is 14.1. The summed E-state index contributed by atoms with van der Waals surface area (Å²) in [6.07, 6.45) is 3.94. The number of rotatable bonds is 7. The maximum Gasteiger partial charge on any atom is 0.255 e. The number of benzene rings is 2. The molecule has 29 heavy (non-hydrogen) atoms. The Morgan fingerprint density at radius 2 is 1.72 bits per heavy atom. The van der Waals surface area contributed by atoms with E-state index in [-0.39, 0.29) is 11.4 Å². The predicted octanol–water partition coefficient (Wildman–Crippen LogP) is 4.57. The third-order valence-electron chi connectivity index (χ3n) is 4.64. The second-order valence-corrected chi connectivity index (χ2v) is 6.63. The number of amides is 1. The Morgan fingerprint density at radius 1 is 1.07 bits per heavy atom. The van der Waals surface area contributed by atoms with Crippen LogP contribution in [0.2, 0.25) is 0 Å². The van der Waals surface area contributed by atoms with Crippen LogP contribution in [0.5, 0.6) is 5.75 Å². The average Bonchev–Trinajstić information content (AvgIpc) is 3.28. The predicted molar refractivity (Wildman–Crippen MR) is 113 cm³/mol. The summed E-state index contributed by atoms with van der Waals surface area (Å²) >= 11 is 0. The Hall–Kier alpha value is -2.67. The first kappa shape index (κ1) is 22.6. The second-order valence-electron chi connectivity index (χ2n) is 6.63. The van der Waals surface area contributed by atoms with Crippen molar-refractivity contribution < 1.29 is 18.3 Å². The lowest BCUT2D eigenvalue weighted by molar-refractivity contribution is 0.102. The largest absolute Gasteiger partial charge is 0.494 e. The van der Waals surface area contributed by atoms with E-state index in [2.05, 4.69) is 18.0 Å². The summed E-state index contributed by atoms with van der Waals surface area (Å²) in [5, 5.41) is 2.44. The van der Waals surface area contributed by atoms with Gasteiger partial charge < -0.3 is 20.7 Å². The molecule has 0 saturated carbocycles. The molecule has 5 nitrogen and oxygen atoms in total. The van der Waals surface area contributed by atoms with Crippen LogP contribution in [0.15, 0.2) is 36.4 Å². The van der Waals surface area contributed by atoms with Gasteiger partial charge in [-0.15, -0.1) is 0 Å². The van der Waals surface area contributed by atoms with Crippen LogP contribution in [0.3, 0.4) is 0 Å². The smallest absolute Gasteiger partial charge is 0.255 e. The summed E-state index contributed by atoms with van der Waals surface area (Å²) in [5.74, 6) is -1.78. The van der Waals surface area contributed by atoms with Gasteiger partial charge in [0, 0.05) is 18.7 Å². The van der Waals surface area contributed by atoms with E-state index in [0.717, 1.165) is 38.8 Å². The zero-order valence-electron chi connectivity index (χ0n) is 17.0. The standard InChI is InChI=1S/C21H24F2N2O2.CH5N/c1-2-3-14-27-16-8-6-15(7-9-16)21(26)24-17-10-11-18(20(23)19(17)22)25-12-4-5-13-25;1-2/h6-11H,2-5,12-14H2,1H3,(H,24,26);2H2,1H3. The molecule has 1 aliphatic rings. The monoisotopic (exact) mass is 405 g/mol. The zero-order chi connectivity index (χ0) is 21.2. The molecule has 2 aromatic carbocycles. The van der Waals surface area contributed by atoms with E-state index < -0.39 is 17.5 Å². The highest BCUT2D eigenvalue weighted by molar-refractivity contribution is 6.04. The van der Waals surface area contributed by atoms with Crippen molar-refractivity contribution in [1.29, 1.82) is 0 Å². The van der Waals surface area contributed by atoms with Crippen LogP contribution in [0.1, 0.15) is 43.0 Å². The lowest BCUT2D eigenvalue weighted by atomic mass is 10.2. The van der Waals surface area contributed by atoms with E-state index in [0.29, 0.717) is 17.9 Å². The van der Waals surface area contributed by atoms with Crippen molar-refractivity contribution >= 4 is 17.3 Å². The van der Waals surface area contributed by atoms with E-state index in [1.807, 2.05) is 4.90 Å². The number of nitrogens with two attached hydrogens (primary N) is 1. The summed E-state index contributed by atoms with van der Waals surface area (Å²) < 4.78 is 34.3. The van der Waals surface area contributed by atoms with Crippen molar-refractivity contribution in [3.8, 4) is 5.75 Å². The molecular formula is C22H29F2N3O2. The fraction of sp³-hybridized carbons (Fsp3) is 0.409. The number of anilines is 2. The molecule has 0 radical (unpaired) electrons. The van der Waals surface area contributed by atoms with Crippen molar-refractivity contribution in [3.05, 3.63) is 53.6 Å². The van der Waals surface area contributed by atoms with Crippen LogP contribution in [0.25, 0.3) is 0 Å². The van der Waals surface area contributed by atoms with Gasteiger partial charge in [0.25, 0.3) is 5.91 Å².